The highest BCUT2D eigenvalue weighted by Crippen LogP contribution is 2.11. The predicted molar refractivity (Wildman–Crippen MR) is 89.3 cm³/mol. The normalized spacial score (nSPS) is 22.2. The van der Waals surface area contributed by atoms with E-state index in [0.717, 1.165) is 4.90 Å². The third kappa shape index (κ3) is 5.10. The number of hydrogen-bond acceptors (Lipinski definition) is 4. The molecule has 6 nitrogen and oxygen atoms in total. The Morgan fingerprint density at radius 2 is 2.09 bits per heavy atom. The van der Waals surface area contributed by atoms with E-state index in [1.807, 2.05) is 30.3 Å². The van der Waals surface area contributed by atoms with Gasteiger partial charge in [-0.1, -0.05) is 18.2 Å². The molecule has 1 aliphatic rings. The van der Waals surface area contributed by atoms with E-state index in [1.165, 1.54) is 0 Å². The Hall–Kier alpha value is -1.41. The van der Waals surface area contributed by atoms with Crippen molar-refractivity contribution >= 4 is 26.6 Å². The van der Waals surface area contributed by atoms with Crippen LogP contribution in [0.15, 0.2) is 40.2 Å². The summed E-state index contributed by atoms with van der Waals surface area (Å²) in [6.45, 7) is 0.501. The van der Waals surface area contributed by atoms with Gasteiger partial charge in [-0.15, -0.1) is 0 Å². The molecule has 1 heterocycles. The van der Waals surface area contributed by atoms with Crippen LogP contribution in [0.3, 0.4) is 0 Å². The summed E-state index contributed by atoms with van der Waals surface area (Å²) in [6, 6.07) is 9.19. The number of guanidine groups is 1. The minimum atomic E-state index is -2.91. The SMILES string of the molecule is CN=C(NCCS(=O)c1ccccc1)NC1CCS(=O)(=O)C1. The molecule has 122 valence electrons. The van der Waals surface area contributed by atoms with Crippen LogP contribution in [0.2, 0.25) is 0 Å². The lowest BCUT2D eigenvalue weighted by molar-refractivity contribution is 0.599. The number of nitrogens with one attached hydrogen (secondary N) is 2. The number of hydrogen-bond donors (Lipinski definition) is 2. The highest BCUT2D eigenvalue weighted by atomic mass is 32.2. The number of sulfone groups is 1. The molecule has 1 aliphatic heterocycles. The van der Waals surface area contributed by atoms with Crippen molar-refractivity contribution in [2.45, 2.75) is 17.4 Å². The fraction of sp³-hybridized carbons (Fsp3) is 0.500. The zero-order valence-electron chi connectivity index (χ0n) is 12.5. The zero-order valence-corrected chi connectivity index (χ0v) is 14.1. The zero-order chi connectivity index (χ0) is 16.0. The summed E-state index contributed by atoms with van der Waals surface area (Å²) in [5, 5.41) is 6.17. The smallest absolute Gasteiger partial charge is 0.191 e. The predicted octanol–water partition coefficient (Wildman–Crippen LogP) is 0.146. The van der Waals surface area contributed by atoms with Gasteiger partial charge in [-0.3, -0.25) is 9.20 Å². The summed E-state index contributed by atoms with van der Waals surface area (Å²) < 4.78 is 34.9. The van der Waals surface area contributed by atoms with E-state index in [9.17, 15) is 12.6 Å². The lowest BCUT2D eigenvalue weighted by atomic mass is 10.3. The minimum Gasteiger partial charge on any atom is -0.355 e. The van der Waals surface area contributed by atoms with Crippen LogP contribution in [-0.4, -0.2) is 55.5 Å². The van der Waals surface area contributed by atoms with Crippen LogP contribution in [0.1, 0.15) is 6.42 Å². The van der Waals surface area contributed by atoms with Gasteiger partial charge in [0.05, 0.1) is 22.3 Å². The van der Waals surface area contributed by atoms with E-state index in [1.54, 1.807) is 7.05 Å². The first-order valence-electron chi connectivity index (χ1n) is 7.11. The molecule has 1 aromatic carbocycles. The molecule has 2 unspecified atom stereocenters. The molecular weight excluding hydrogens is 322 g/mol. The molecule has 2 N–H and O–H groups in total. The maximum Gasteiger partial charge on any atom is 0.191 e. The highest BCUT2D eigenvalue weighted by molar-refractivity contribution is 7.91. The molecule has 8 heteroatoms. The van der Waals surface area contributed by atoms with Crippen LogP contribution >= 0.6 is 0 Å². The van der Waals surface area contributed by atoms with Crippen LogP contribution in [0.25, 0.3) is 0 Å². The molecule has 0 radical (unpaired) electrons. The van der Waals surface area contributed by atoms with E-state index >= 15 is 0 Å². The first-order chi connectivity index (χ1) is 10.5. The van der Waals surface area contributed by atoms with Crippen molar-refractivity contribution in [3.63, 3.8) is 0 Å². The summed E-state index contributed by atoms with van der Waals surface area (Å²) in [5.74, 6) is 1.38. The van der Waals surface area contributed by atoms with Crippen molar-refractivity contribution in [1.82, 2.24) is 10.6 Å². The Labute approximate surface area is 133 Å². The van der Waals surface area contributed by atoms with Gasteiger partial charge in [0.2, 0.25) is 0 Å². The first kappa shape index (κ1) is 17.0. The number of aliphatic imine (C=N–C) groups is 1. The summed E-state index contributed by atoms with van der Waals surface area (Å²) in [4.78, 5) is 4.87. The second-order valence-corrected chi connectivity index (χ2v) is 8.91. The standard InChI is InChI=1S/C14H21N3O3S2/c1-15-14(17-12-7-10-22(19,20)11-12)16-8-9-21(18)13-5-3-2-4-6-13/h2-6,12H,7-11H2,1H3,(H2,15,16,17). The molecule has 22 heavy (non-hydrogen) atoms. The van der Waals surface area contributed by atoms with E-state index in [0.29, 0.717) is 24.7 Å². The van der Waals surface area contributed by atoms with Crippen molar-refractivity contribution in [2.75, 3.05) is 30.9 Å². The molecule has 1 fully saturated rings. The van der Waals surface area contributed by atoms with Gasteiger partial charge in [0.1, 0.15) is 0 Å². The monoisotopic (exact) mass is 343 g/mol. The van der Waals surface area contributed by atoms with Gasteiger partial charge in [-0.25, -0.2) is 8.42 Å². The second-order valence-electron chi connectivity index (χ2n) is 5.11. The molecule has 2 atom stereocenters. The molecule has 0 spiro atoms. The Balaban J connectivity index is 1.76. The van der Waals surface area contributed by atoms with Crippen molar-refractivity contribution in [3.05, 3.63) is 30.3 Å². The average molecular weight is 343 g/mol. The molecule has 1 aromatic rings. The van der Waals surface area contributed by atoms with Crippen molar-refractivity contribution in [1.29, 1.82) is 0 Å². The van der Waals surface area contributed by atoms with Gasteiger partial charge >= 0.3 is 0 Å². The Bertz CT molecular complexity index is 645. The van der Waals surface area contributed by atoms with Crippen LogP contribution in [-0.2, 0) is 20.6 Å². The van der Waals surface area contributed by atoms with Crippen LogP contribution < -0.4 is 10.6 Å². The van der Waals surface area contributed by atoms with Crippen molar-refractivity contribution < 1.29 is 12.6 Å². The molecule has 0 aliphatic carbocycles. The summed E-state index contributed by atoms with van der Waals surface area (Å²) in [7, 11) is -2.34. The van der Waals surface area contributed by atoms with Gasteiger partial charge < -0.3 is 10.6 Å². The largest absolute Gasteiger partial charge is 0.355 e. The quantitative estimate of drug-likeness (QED) is 0.587. The summed E-state index contributed by atoms with van der Waals surface area (Å²) in [5.41, 5.74) is 0. The molecule has 0 saturated carbocycles. The molecular formula is C14H21N3O3S2. The number of rotatable bonds is 5. The van der Waals surface area contributed by atoms with Crippen LogP contribution in [0.5, 0.6) is 0 Å². The van der Waals surface area contributed by atoms with E-state index in [4.69, 9.17) is 0 Å². The molecule has 0 aromatic heterocycles. The number of nitrogens with zero attached hydrogens (tertiary/aromatic N) is 1. The fourth-order valence-electron chi connectivity index (χ4n) is 2.25. The molecule has 2 rings (SSSR count). The Kier molecular flexibility index (Phi) is 5.96. The van der Waals surface area contributed by atoms with Gasteiger partial charge in [-0.2, -0.15) is 0 Å². The van der Waals surface area contributed by atoms with Crippen LogP contribution in [0, 0.1) is 0 Å². The minimum absolute atomic E-state index is 0.101. The van der Waals surface area contributed by atoms with Gasteiger partial charge in [0, 0.05) is 30.3 Å². The first-order valence-corrected chi connectivity index (χ1v) is 10.3. The fourth-order valence-corrected chi connectivity index (χ4v) is 4.91. The maximum atomic E-state index is 12.1. The maximum absolute atomic E-state index is 12.1. The van der Waals surface area contributed by atoms with Crippen molar-refractivity contribution in [2.24, 2.45) is 4.99 Å². The lowest BCUT2D eigenvalue weighted by Crippen LogP contribution is -2.45. The van der Waals surface area contributed by atoms with E-state index < -0.39 is 20.6 Å². The average Bonchev–Trinajstić information content (AvgIpc) is 2.85. The Morgan fingerprint density at radius 1 is 1.36 bits per heavy atom. The lowest BCUT2D eigenvalue weighted by Gasteiger charge is -2.15. The van der Waals surface area contributed by atoms with Crippen LogP contribution in [0.4, 0.5) is 0 Å². The Morgan fingerprint density at radius 3 is 2.68 bits per heavy atom. The van der Waals surface area contributed by atoms with E-state index in [-0.39, 0.29) is 17.5 Å². The number of benzene rings is 1. The second kappa shape index (κ2) is 7.73. The van der Waals surface area contributed by atoms with Gasteiger partial charge in [0.25, 0.3) is 0 Å². The van der Waals surface area contributed by atoms with Gasteiger partial charge in [0.15, 0.2) is 15.8 Å². The van der Waals surface area contributed by atoms with Gasteiger partial charge in [-0.05, 0) is 18.6 Å². The molecule has 0 bridgehead atoms. The molecule has 0 amide bonds. The topological polar surface area (TPSA) is 87.6 Å². The summed E-state index contributed by atoms with van der Waals surface area (Å²) in [6.07, 6.45) is 0.596. The third-order valence-electron chi connectivity index (χ3n) is 3.38. The summed E-state index contributed by atoms with van der Waals surface area (Å²) >= 11 is 0. The third-order valence-corrected chi connectivity index (χ3v) is 6.52. The van der Waals surface area contributed by atoms with E-state index in [2.05, 4.69) is 15.6 Å². The molecule has 1 saturated heterocycles. The highest BCUT2D eigenvalue weighted by Gasteiger charge is 2.28. The van der Waals surface area contributed by atoms with Crippen molar-refractivity contribution in [3.8, 4) is 0 Å².